The Balaban J connectivity index is 1.84. The van der Waals surface area contributed by atoms with Gasteiger partial charge in [-0.1, -0.05) is 6.42 Å². The summed E-state index contributed by atoms with van der Waals surface area (Å²) in [6.07, 6.45) is 9.26. The summed E-state index contributed by atoms with van der Waals surface area (Å²) in [4.78, 5) is 7.20. The number of hydrogen-bond donors (Lipinski definition) is 0. The minimum Gasteiger partial charge on any atom is -0.306 e. The number of pyridine rings is 1. The van der Waals surface area contributed by atoms with Crippen molar-refractivity contribution in [3.8, 4) is 0 Å². The first kappa shape index (κ1) is 12.2. The van der Waals surface area contributed by atoms with Gasteiger partial charge in [0.15, 0.2) is 5.65 Å². The average Bonchev–Trinajstić information content (AvgIpc) is 2.76. The Kier molecular flexibility index (Phi) is 3.39. The fourth-order valence-electron chi connectivity index (χ4n) is 2.77. The van der Waals surface area contributed by atoms with Crippen molar-refractivity contribution in [1.29, 1.82) is 0 Å². The molecule has 1 aliphatic rings. The number of halogens is 1. The molecule has 0 radical (unpaired) electrons. The van der Waals surface area contributed by atoms with Crippen LogP contribution in [0.5, 0.6) is 0 Å². The number of imidazole rings is 1. The van der Waals surface area contributed by atoms with Crippen molar-refractivity contribution in [2.45, 2.75) is 31.7 Å². The molecule has 0 saturated carbocycles. The van der Waals surface area contributed by atoms with E-state index in [1.54, 1.807) is 0 Å². The minimum atomic E-state index is 0.655. The van der Waals surface area contributed by atoms with Crippen LogP contribution in [-0.2, 0) is 6.42 Å². The second kappa shape index (κ2) is 5.02. The standard InChI is InChI=1S/C14H18BrN3/c1-17-7-3-2-5-12(17)9-11-10-18-8-4-6-13(15)14(18)16-11/h4,6,8,10,12H,2-3,5,7,9H2,1H3. The highest BCUT2D eigenvalue weighted by atomic mass is 79.9. The van der Waals surface area contributed by atoms with Crippen LogP contribution in [0.15, 0.2) is 29.0 Å². The Bertz CT molecular complexity index is 549. The van der Waals surface area contributed by atoms with Crippen molar-refractivity contribution < 1.29 is 0 Å². The first-order chi connectivity index (χ1) is 8.74. The van der Waals surface area contributed by atoms with Crippen LogP contribution in [0.2, 0.25) is 0 Å². The van der Waals surface area contributed by atoms with E-state index in [4.69, 9.17) is 4.98 Å². The molecule has 0 amide bonds. The van der Waals surface area contributed by atoms with Gasteiger partial charge in [-0.25, -0.2) is 4.98 Å². The molecule has 3 nitrogen and oxygen atoms in total. The lowest BCUT2D eigenvalue weighted by Crippen LogP contribution is -2.37. The van der Waals surface area contributed by atoms with Crippen LogP contribution in [0.1, 0.15) is 25.0 Å². The van der Waals surface area contributed by atoms with Gasteiger partial charge < -0.3 is 9.30 Å². The van der Waals surface area contributed by atoms with Crippen molar-refractivity contribution in [3.63, 3.8) is 0 Å². The maximum atomic E-state index is 4.73. The van der Waals surface area contributed by atoms with Crippen molar-refractivity contribution in [2.75, 3.05) is 13.6 Å². The van der Waals surface area contributed by atoms with Gasteiger partial charge in [-0.2, -0.15) is 0 Å². The topological polar surface area (TPSA) is 20.5 Å². The van der Waals surface area contributed by atoms with Gasteiger partial charge in [-0.15, -0.1) is 0 Å². The number of aromatic nitrogens is 2. The molecular formula is C14H18BrN3. The Morgan fingerprint density at radius 3 is 3.11 bits per heavy atom. The molecule has 2 aromatic heterocycles. The van der Waals surface area contributed by atoms with E-state index in [1.807, 2.05) is 12.1 Å². The molecule has 3 heterocycles. The number of hydrogen-bond acceptors (Lipinski definition) is 2. The molecule has 2 aromatic rings. The summed E-state index contributed by atoms with van der Waals surface area (Å²) in [6, 6.07) is 4.73. The number of nitrogens with zero attached hydrogens (tertiary/aromatic N) is 3. The van der Waals surface area contributed by atoms with Crippen molar-refractivity contribution in [1.82, 2.24) is 14.3 Å². The maximum Gasteiger partial charge on any atom is 0.151 e. The zero-order chi connectivity index (χ0) is 12.5. The van der Waals surface area contributed by atoms with Crippen LogP contribution in [0.3, 0.4) is 0 Å². The van der Waals surface area contributed by atoms with Crippen molar-refractivity contribution >= 4 is 21.6 Å². The maximum absolute atomic E-state index is 4.73. The molecule has 1 atom stereocenters. The van der Waals surface area contributed by atoms with Gasteiger partial charge in [0.05, 0.1) is 10.2 Å². The predicted molar refractivity (Wildman–Crippen MR) is 76.9 cm³/mol. The first-order valence-electron chi connectivity index (χ1n) is 6.56. The molecule has 0 bridgehead atoms. The zero-order valence-electron chi connectivity index (χ0n) is 10.6. The third-order valence-corrected chi connectivity index (χ3v) is 4.47. The third kappa shape index (κ3) is 2.31. The van der Waals surface area contributed by atoms with Crippen LogP contribution in [0.25, 0.3) is 5.65 Å². The SMILES string of the molecule is CN1CCCCC1Cc1cn2cccc(Br)c2n1. The highest BCUT2D eigenvalue weighted by Crippen LogP contribution is 2.21. The molecule has 1 unspecified atom stereocenters. The molecule has 3 rings (SSSR count). The molecule has 0 aromatic carbocycles. The zero-order valence-corrected chi connectivity index (χ0v) is 12.2. The summed E-state index contributed by atoms with van der Waals surface area (Å²) in [5.74, 6) is 0. The smallest absolute Gasteiger partial charge is 0.151 e. The lowest BCUT2D eigenvalue weighted by molar-refractivity contribution is 0.184. The Labute approximate surface area is 116 Å². The molecular weight excluding hydrogens is 290 g/mol. The summed E-state index contributed by atoms with van der Waals surface area (Å²) in [5, 5.41) is 0. The molecule has 0 N–H and O–H groups in total. The number of rotatable bonds is 2. The van der Waals surface area contributed by atoms with Gasteiger partial charge in [-0.05, 0) is 54.5 Å². The number of fused-ring (bicyclic) bond motifs is 1. The van der Waals surface area contributed by atoms with Crippen LogP contribution in [0, 0.1) is 0 Å². The van der Waals surface area contributed by atoms with Crippen LogP contribution in [-0.4, -0.2) is 33.9 Å². The lowest BCUT2D eigenvalue weighted by atomic mass is 9.99. The summed E-state index contributed by atoms with van der Waals surface area (Å²) in [7, 11) is 2.23. The molecule has 96 valence electrons. The monoisotopic (exact) mass is 307 g/mol. The lowest BCUT2D eigenvalue weighted by Gasteiger charge is -2.31. The Hall–Kier alpha value is -0.870. The van der Waals surface area contributed by atoms with Gasteiger partial charge in [-0.3, -0.25) is 0 Å². The molecule has 0 spiro atoms. The average molecular weight is 308 g/mol. The van der Waals surface area contributed by atoms with E-state index in [9.17, 15) is 0 Å². The van der Waals surface area contributed by atoms with E-state index in [2.05, 4.69) is 44.7 Å². The third-order valence-electron chi connectivity index (χ3n) is 3.85. The van der Waals surface area contributed by atoms with Gasteiger partial charge in [0.1, 0.15) is 0 Å². The van der Waals surface area contributed by atoms with Crippen molar-refractivity contribution in [3.05, 3.63) is 34.7 Å². The highest BCUT2D eigenvalue weighted by Gasteiger charge is 2.20. The largest absolute Gasteiger partial charge is 0.306 e. The van der Waals surface area contributed by atoms with Gasteiger partial charge in [0.2, 0.25) is 0 Å². The second-order valence-corrected chi connectivity index (χ2v) is 6.01. The van der Waals surface area contributed by atoms with E-state index in [0.717, 1.165) is 16.5 Å². The van der Waals surface area contributed by atoms with E-state index < -0.39 is 0 Å². The van der Waals surface area contributed by atoms with Gasteiger partial charge >= 0.3 is 0 Å². The number of likely N-dealkylation sites (tertiary alicyclic amines) is 1. The molecule has 18 heavy (non-hydrogen) atoms. The summed E-state index contributed by atoms with van der Waals surface area (Å²) in [6.45, 7) is 1.22. The quantitative estimate of drug-likeness (QED) is 0.850. The number of likely N-dealkylation sites (N-methyl/N-ethyl adjacent to an activating group) is 1. The van der Waals surface area contributed by atoms with E-state index in [1.165, 1.54) is 31.5 Å². The Morgan fingerprint density at radius 2 is 2.33 bits per heavy atom. The number of piperidine rings is 1. The van der Waals surface area contributed by atoms with Crippen LogP contribution in [0.4, 0.5) is 0 Å². The normalized spacial score (nSPS) is 21.6. The van der Waals surface area contributed by atoms with E-state index >= 15 is 0 Å². The fourth-order valence-corrected chi connectivity index (χ4v) is 3.22. The highest BCUT2D eigenvalue weighted by molar-refractivity contribution is 9.10. The predicted octanol–water partition coefficient (Wildman–Crippen LogP) is 3.12. The summed E-state index contributed by atoms with van der Waals surface area (Å²) in [5.41, 5.74) is 2.21. The van der Waals surface area contributed by atoms with E-state index in [0.29, 0.717) is 6.04 Å². The van der Waals surface area contributed by atoms with Gasteiger partial charge in [0, 0.05) is 24.9 Å². The molecule has 0 aliphatic carbocycles. The van der Waals surface area contributed by atoms with Crippen LogP contribution < -0.4 is 0 Å². The summed E-state index contributed by atoms with van der Waals surface area (Å²) >= 11 is 3.55. The fraction of sp³-hybridized carbons (Fsp3) is 0.500. The second-order valence-electron chi connectivity index (χ2n) is 5.15. The Morgan fingerprint density at radius 1 is 1.44 bits per heavy atom. The van der Waals surface area contributed by atoms with E-state index in [-0.39, 0.29) is 0 Å². The summed E-state index contributed by atoms with van der Waals surface area (Å²) < 4.78 is 3.16. The minimum absolute atomic E-state index is 0.655. The molecule has 1 aliphatic heterocycles. The molecule has 1 fully saturated rings. The van der Waals surface area contributed by atoms with Crippen molar-refractivity contribution in [2.24, 2.45) is 0 Å². The van der Waals surface area contributed by atoms with Gasteiger partial charge in [0.25, 0.3) is 0 Å². The van der Waals surface area contributed by atoms with Crippen LogP contribution >= 0.6 is 15.9 Å². The molecule has 4 heteroatoms. The first-order valence-corrected chi connectivity index (χ1v) is 7.35. The molecule has 1 saturated heterocycles.